The first kappa shape index (κ1) is 50.3. The van der Waals surface area contributed by atoms with Crippen LogP contribution in [-0.2, 0) is 28.5 Å². The van der Waals surface area contributed by atoms with E-state index in [1.54, 1.807) is 6.92 Å². The fraction of sp³-hybridized carbons (Fsp3) is 0.842. The van der Waals surface area contributed by atoms with E-state index in [0.29, 0.717) is 12.3 Å². The summed E-state index contributed by atoms with van der Waals surface area (Å²) in [6.45, 7) is 37.3. The van der Waals surface area contributed by atoms with Gasteiger partial charge in [-0.25, -0.2) is 12.7 Å². The van der Waals surface area contributed by atoms with Crippen molar-refractivity contribution >= 4 is 38.5 Å². The van der Waals surface area contributed by atoms with Crippen LogP contribution in [0.1, 0.15) is 114 Å². The number of carbonyl (C=O) groups excluding carboxylic acids is 1. The van der Waals surface area contributed by atoms with Crippen molar-refractivity contribution in [3.05, 3.63) is 25.3 Å². The Labute approximate surface area is 326 Å². The van der Waals surface area contributed by atoms with E-state index in [4.69, 9.17) is 14.0 Å². The van der Waals surface area contributed by atoms with Gasteiger partial charge in [0.25, 0.3) is 0 Å². The number of carbonyl (C=O) groups is 2. The fourth-order valence-electron chi connectivity index (χ4n) is 7.59. The molecule has 2 N–H and O–H groups in total. The summed E-state index contributed by atoms with van der Waals surface area (Å²) in [7, 11) is -7.66. The standard InChI is InChI=1S/C24H43NO4SSi.C14H28O3Si.Li.H2O/c1-10-11-12-19(29-31(8,9)22(3,4)5)17(2)21(26)25-20-15-18-13-14-24(20,23(18,6)7)16-30(25,27)28;1-8-9-10-12(11(2)13(15)16)17-18(6,7)14(3,4)5;;/h10,17-20H,1,11-16H2,2-9H3;8,11-12H,1,9-10H2,2-7H3,(H,15,16);;1H2/q;;+1;/p-1/t17-,18?,19-,20+,24+;11-,12-;;/m11../s1. The number of carboxylic acids is 1. The van der Waals surface area contributed by atoms with Crippen LogP contribution in [0.2, 0.25) is 36.3 Å². The van der Waals surface area contributed by atoms with Crippen LogP contribution < -0.4 is 18.9 Å². The van der Waals surface area contributed by atoms with E-state index < -0.39 is 44.5 Å². The number of allylic oxidation sites excluding steroid dienone is 2. The molecule has 3 rings (SSSR count). The third-order valence-electron chi connectivity index (χ3n) is 13.3. The molecule has 0 aromatic carbocycles. The van der Waals surface area contributed by atoms with Gasteiger partial charge in [-0.1, -0.05) is 74.5 Å². The number of amides is 1. The molecule has 1 aliphatic heterocycles. The van der Waals surface area contributed by atoms with E-state index in [1.807, 2.05) is 19.1 Å². The van der Waals surface area contributed by atoms with Crippen molar-refractivity contribution in [1.82, 2.24) is 4.31 Å². The van der Waals surface area contributed by atoms with Crippen molar-refractivity contribution in [2.45, 2.75) is 169 Å². The van der Waals surface area contributed by atoms with Crippen LogP contribution in [0, 0.1) is 28.6 Å². The van der Waals surface area contributed by atoms with Gasteiger partial charge in [0.05, 0.1) is 35.8 Å². The number of carboxylic acid groups (broad SMARTS) is 1. The largest absolute Gasteiger partial charge is 1.00 e. The van der Waals surface area contributed by atoms with E-state index in [0.717, 1.165) is 38.5 Å². The number of aliphatic carboxylic acids is 1. The van der Waals surface area contributed by atoms with Crippen LogP contribution in [0.15, 0.2) is 25.3 Å². The molecule has 1 heterocycles. The molecule has 51 heavy (non-hydrogen) atoms. The summed E-state index contributed by atoms with van der Waals surface area (Å²) < 4.78 is 40.9. The second-order valence-electron chi connectivity index (χ2n) is 18.7. The van der Waals surface area contributed by atoms with Crippen molar-refractivity contribution in [3.8, 4) is 0 Å². The first-order valence-corrected chi connectivity index (χ1v) is 25.8. The number of nitrogens with zero attached hydrogens (tertiary/aromatic N) is 1. The molecule has 1 amide bonds. The summed E-state index contributed by atoms with van der Waals surface area (Å²) >= 11 is 0. The molecule has 0 aromatic heterocycles. The van der Waals surface area contributed by atoms with Crippen LogP contribution in [0.25, 0.3) is 0 Å². The fourth-order valence-corrected chi connectivity index (χ4v) is 13.1. The van der Waals surface area contributed by atoms with Crippen LogP contribution in [0.3, 0.4) is 0 Å². The summed E-state index contributed by atoms with van der Waals surface area (Å²) in [4.78, 5) is 24.9. The third kappa shape index (κ3) is 10.5. The monoisotopic (exact) mass is 765 g/mol. The molecule has 2 saturated carbocycles. The maximum Gasteiger partial charge on any atom is 1.00 e. The Morgan fingerprint density at radius 2 is 1.31 bits per heavy atom. The number of sulfonamides is 1. The van der Waals surface area contributed by atoms with Gasteiger partial charge < -0.3 is 19.4 Å². The van der Waals surface area contributed by atoms with Crippen LogP contribution >= 0.6 is 0 Å². The molecule has 13 heteroatoms. The number of hydrogen-bond acceptors (Lipinski definition) is 7. The molecule has 1 spiro atoms. The van der Waals surface area contributed by atoms with Crippen molar-refractivity contribution in [2.75, 3.05) is 5.75 Å². The van der Waals surface area contributed by atoms with Gasteiger partial charge in [-0.3, -0.25) is 9.59 Å². The minimum absolute atomic E-state index is 0. The molecule has 2 bridgehead atoms. The minimum atomic E-state index is -3.61. The van der Waals surface area contributed by atoms with E-state index in [1.165, 1.54) is 4.31 Å². The molecule has 7 atom stereocenters. The van der Waals surface area contributed by atoms with E-state index >= 15 is 0 Å². The molecule has 3 aliphatic rings. The summed E-state index contributed by atoms with van der Waals surface area (Å²) in [6.07, 6.45) is 8.88. The number of fused-ring (bicyclic) bond motifs is 1. The zero-order valence-electron chi connectivity index (χ0n) is 34.9. The Morgan fingerprint density at radius 1 is 0.902 bits per heavy atom. The Balaban J connectivity index is 0.00000108. The van der Waals surface area contributed by atoms with Crippen LogP contribution in [-0.4, -0.2) is 75.8 Å². The van der Waals surface area contributed by atoms with Gasteiger partial charge in [0.2, 0.25) is 15.9 Å². The number of hydrogen-bond donors (Lipinski definition) is 1. The van der Waals surface area contributed by atoms with E-state index in [2.05, 4.69) is 94.7 Å². The van der Waals surface area contributed by atoms with Gasteiger partial charge >= 0.3 is 24.8 Å². The van der Waals surface area contributed by atoms with Crippen molar-refractivity contribution < 1.29 is 56.3 Å². The molecule has 0 radical (unpaired) electrons. The Bertz CT molecular complexity index is 1320. The Hall–Kier alpha value is -0.719. The predicted molar refractivity (Wildman–Crippen MR) is 209 cm³/mol. The molecule has 2 aliphatic carbocycles. The first-order chi connectivity index (χ1) is 22.0. The summed E-state index contributed by atoms with van der Waals surface area (Å²) in [5, 5.41) is 9.27. The topological polar surface area (TPSA) is 140 Å². The molecular weight excluding hydrogens is 694 g/mol. The average molecular weight is 766 g/mol. The predicted octanol–water partition coefficient (Wildman–Crippen LogP) is 6.24. The minimum Gasteiger partial charge on any atom is -0.870 e. The normalized spacial score (nSPS) is 25.9. The van der Waals surface area contributed by atoms with Gasteiger partial charge in [0.1, 0.15) is 0 Å². The molecule has 1 unspecified atom stereocenters. The molecular formula is C38H72LiNO8SSi2. The Kier molecular flexibility index (Phi) is 17.6. The van der Waals surface area contributed by atoms with Crippen molar-refractivity contribution in [3.63, 3.8) is 0 Å². The van der Waals surface area contributed by atoms with Gasteiger partial charge in [0.15, 0.2) is 16.6 Å². The second kappa shape index (κ2) is 17.8. The van der Waals surface area contributed by atoms with Crippen molar-refractivity contribution in [1.29, 1.82) is 0 Å². The molecule has 3 fully saturated rings. The third-order valence-corrected chi connectivity index (χ3v) is 24.3. The summed E-state index contributed by atoms with van der Waals surface area (Å²) in [5.41, 5.74) is -0.328. The summed E-state index contributed by atoms with van der Waals surface area (Å²) in [5.74, 6) is -1.41. The van der Waals surface area contributed by atoms with Crippen LogP contribution in [0.5, 0.6) is 0 Å². The number of rotatable bonds is 14. The zero-order valence-corrected chi connectivity index (χ0v) is 37.7. The quantitative estimate of drug-likeness (QED) is 0.162. The van der Waals surface area contributed by atoms with Gasteiger partial charge in [0, 0.05) is 5.41 Å². The van der Waals surface area contributed by atoms with Crippen molar-refractivity contribution in [2.24, 2.45) is 28.6 Å². The summed E-state index contributed by atoms with van der Waals surface area (Å²) in [6, 6.07) is -0.186. The maximum absolute atomic E-state index is 13.8. The Morgan fingerprint density at radius 3 is 1.67 bits per heavy atom. The van der Waals surface area contributed by atoms with Gasteiger partial charge in [-0.2, -0.15) is 0 Å². The van der Waals surface area contributed by atoms with Crippen LogP contribution in [0.4, 0.5) is 0 Å². The maximum atomic E-state index is 13.8. The SMILES string of the molecule is C=CCC[C@@H](O[Si](C)(C)C(C)(C)C)[C@@H](C)C(=O)N1[C@H]2CC3CC[C@@]2(CS1(=O)=O)C3(C)C.C=CCC[C@@H](O[Si](C)(C)C(C)(C)C)[C@@H](C)C(=O)O.[Li+].[OH-]. The smallest absolute Gasteiger partial charge is 0.870 e. The van der Waals surface area contributed by atoms with E-state index in [-0.39, 0.29) is 75.2 Å². The molecule has 9 nitrogen and oxygen atoms in total. The molecule has 1 saturated heterocycles. The van der Waals surface area contributed by atoms with E-state index in [9.17, 15) is 18.0 Å². The molecule has 0 aromatic rings. The molecule has 292 valence electrons. The second-order valence-corrected chi connectivity index (χ2v) is 30.1. The van der Waals surface area contributed by atoms with Gasteiger partial charge in [-0.15, -0.1) is 13.2 Å². The first-order valence-electron chi connectivity index (χ1n) is 18.4. The van der Waals surface area contributed by atoms with Gasteiger partial charge in [-0.05, 0) is 99.5 Å². The average Bonchev–Trinajstić information content (AvgIpc) is 3.43. The zero-order chi connectivity index (χ0) is 38.2.